The van der Waals surface area contributed by atoms with Crippen molar-refractivity contribution >= 4 is 32.7 Å². The molecule has 5 nitrogen and oxygen atoms in total. The van der Waals surface area contributed by atoms with Crippen LogP contribution in [0, 0.1) is 0 Å². The summed E-state index contributed by atoms with van der Waals surface area (Å²) in [7, 11) is 3.84. The van der Waals surface area contributed by atoms with E-state index >= 15 is 0 Å². The van der Waals surface area contributed by atoms with Gasteiger partial charge in [0.15, 0.2) is 5.13 Å². The molecule has 0 saturated carbocycles. The molecule has 0 saturated heterocycles. The second-order valence-electron chi connectivity index (χ2n) is 3.68. The molecular formula is C11H11N2O3S-. The van der Waals surface area contributed by atoms with E-state index in [0.717, 1.165) is 15.3 Å². The fraction of sp³-hybridized carbons (Fsp3) is 0.273. The van der Waals surface area contributed by atoms with Gasteiger partial charge in [0.25, 0.3) is 0 Å². The summed E-state index contributed by atoms with van der Waals surface area (Å²) in [5.41, 5.74) is 0.875. The van der Waals surface area contributed by atoms with E-state index in [4.69, 9.17) is 4.74 Å². The molecule has 1 heterocycles. The minimum Gasteiger partial charge on any atom is -0.546 e. The molecule has 0 radical (unpaired) electrons. The second kappa shape index (κ2) is 4.58. The molecule has 0 amide bonds. The van der Waals surface area contributed by atoms with Gasteiger partial charge < -0.3 is 19.5 Å². The van der Waals surface area contributed by atoms with Crippen molar-refractivity contribution < 1.29 is 14.6 Å². The number of rotatable bonds is 4. The zero-order chi connectivity index (χ0) is 12.4. The van der Waals surface area contributed by atoms with Gasteiger partial charge in [-0.2, -0.15) is 0 Å². The van der Waals surface area contributed by atoms with Gasteiger partial charge in [0.1, 0.15) is 12.4 Å². The Morgan fingerprint density at radius 2 is 2.29 bits per heavy atom. The van der Waals surface area contributed by atoms with E-state index < -0.39 is 12.6 Å². The summed E-state index contributed by atoms with van der Waals surface area (Å²) in [4.78, 5) is 16.6. The van der Waals surface area contributed by atoms with Gasteiger partial charge in [-0.3, -0.25) is 0 Å². The second-order valence-corrected chi connectivity index (χ2v) is 4.69. The topological polar surface area (TPSA) is 65.5 Å². The third kappa shape index (κ3) is 2.65. The van der Waals surface area contributed by atoms with Crippen molar-refractivity contribution in [1.29, 1.82) is 0 Å². The highest BCUT2D eigenvalue weighted by atomic mass is 32.1. The zero-order valence-electron chi connectivity index (χ0n) is 9.47. The van der Waals surface area contributed by atoms with Crippen molar-refractivity contribution in [3.05, 3.63) is 18.2 Å². The molecule has 0 aliphatic carbocycles. The Labute approximate surface area is 102 Å². The maximum atomic E-state index is 10.3. The highest BCUT2D eigenvalue weighted by Gasteiger charge is 2.06. The van der Waals surface area contributed by atoms with Crippen molar-refractivity contribution in [2.45, 2.75) is 0 Å². The van der Waals surface area contributed by atoms with Crippen LogP contribution < -0.4 is 14.7 Å². The van der Waals surface area contributed by atoms with Crippen LogP contribution in [0.4, 0.5) is 5.13 Å². The van der Waals surface area contributed by atoms with Crippen molar-refractivity contribution in [3.63, 3.8) is 0 Å². The highest BCUT2D eigenvalue weighted by molar-refractivity contribution is 7.22. The molecule has 90 valence electrons. The fourth-order valence-electron chi connectivity index (χ4n) is 1.32. The predicted molar refractivity (Wildman–Crippen MR) is 64.4 cm³/mol. The largest absolute Gasteiger partial charge is 0.546 e. The SMILES string of the molecule is CN(C)c1nc2ccc(OCC(=O)[O-])cc2s1. The number of aliphatic carboxylic acids is 1. The van der Waals surface area contributed by atoms with Crippen molar-refractivity contribution in [3.8, 4) is 5.75 Å². The van der Waals surface area contributed by atoms with E-state index in [1.165, 1.54) is 11.3 Å². The number of aromatic nitrogens is 1. The normalized spacial score (nSPS) is 10.5. The minimum atomic E-state index is -1.23. The average molecular weight is 251 g/mol. The Hall–Kier alpha value is -1.82. The summed E-state index contributed by atoms with van der Waals surface area (Å²) in [6.07, 6.45) is 0. The molecule has 0 atom stereocenters. The van der Waals surface area contributed by atoms with Crippen LogP contribution in [0.15, 0.2) is 18.2 Å². The third-order valence-electron chi connectivity index (χ3n) is 2.09. The third-order valence-corrected chi connectivity index (χ3v) is 3.27. The quantitative estimate of drug-likeness (QED) is 0.791. The van der Waals surface area contributed by atoms with Crippen LogP contribution in [-0.2, 0) is 4.79 Å². The number of hydrogen-bond donors (Lipinski definition) is 0. The lowest BCUT2D eigenvalue weighted by atomic mass is 10.3. The van der Waals surface area contributed by atoms with Gasteiger partial charge in [0.05, 0.1) is 16.2 Å². The van der Waals surface area contributed by atoms with Crippen LogP contribution in [0.5, 0.6) is 5.75 Å². The summed E-state index contributed by atoms with van der Waals surface area (Å²) >= 11 is 1.53. The Morgan fingerprint density at radius 3 is 2.94 bits per heavy atom. The van der Waals surface area contributed by atoms with E-state index in [0.29, 0.717) is 5.75 Å². The zero-order valence-corrected chi connectivity index (χ0v) is 10.3. The number of carboxylic acids is 1. The Balaban J connectivity index is 2.27. The van der Waals surface area contributed by atoms with Crippen LogP contribution in [0.25, 0.3) is 10.2 Å². The number of carboxylic acid groups (broad SMARTS) is 1. The van der Waals surface area contributed by atoms with E-state index in [-0.39, 0.29) is 0 Å². The van der Waals surface area contributed by atoms with E-state index in [2.05, 4.69) is 4.98 Å². The fourth-order valence-corrected chi connectivity index (χ4v) is 2.23. The average Bonchev–Trinajstić information content (AvgIpc) is 2.69. The number of nitrogens with zero attached hydrogens (tertiary/aromatic N) is 2. The standard InChI is InChI=1S/C11H12N2O3S/c1-13(2)11-12-8-4-3-7(5-9(8)17-11)16-6-10(14)15/h3-5H,6H2,1-2H3,(H,14,15)/p-1. The van der Waals surface area contributed by atoms with Gasteiger partial charge in [-0.1, -0.05) is 11.3 Å². The van der Waals surface area contributed by atoms with Crippen LogP contribution in [-0.4, -0.2) is 31.7 Å². The molecule has 0 N–H and O–H groups in total. The number of benzene rings is 1. The maximum Gasteiger partial charge on any atom is 0.185 e. The molecule has 0 aliphatic rings. The number of ether oxygens (including phenoxy) is 1. The molecule has 0 bridgehead atoms. The summed E-state index contributed by atoms with van der Waals surface area (Å²) < 4.78 is 6.01. The lowest BCUT2D eigenvalue weighted by Gasteiger charge is -2.05. The lowest BCUT2D eigenvalue weighted by Crippen LogP contribution is -2.28. The monoisotopic (exact) mass is 251 g/mol. The number of fused-ring (bicyclic) bond motifs is 1. The van der Waals surface area contributed by atoms with Gasteiger partial charge in [-0.25, -0.2) is 4.98 Å². The van der Waals surface area contributed by atoms with Gasteiger partial charge in [-0.05, 0) is 18.2 Å². The first-order chi connectivity index (χ1) is 8.06. The smallest absolute Gasteiger partial charge is 0.185 e. The molecule has 2 aromatic rings. The van der Waals surface area contributed by atoms with Crippen LogP contribution in [0.3, 0.4) is 0 Å². The maximum absolute atomic E-state index is 10.3. The van der Waals surface area contributed by atoms with Crippen LogP contribution >= 0.6 is 11.3 Å². The highest BCUT2D eigenvalue weighted by Crippen LogP contribution is 2.30. The van der Waals surface area contributed by atoms with Crippen molar-refractivity contribution in [2.75, 3.05) is 25.6 Å². The molecular weight excluding hydrogens is 240 g/mol. The molecule has 6 heteroatoms. The summed E-state index contributed by atoms with van der Waals surface area (Å²) in [6.45, 7) is -0.440. The number of hydrogen-bond acceptors (Lipinski definition) is 6. The van der Waals surface area contributed by atoms with E-state index in [1.807, 2.05) is 25.1 Å². The first-order valence-corrected chi connectivity index (χ1v) is 5.78. The number of carbonyl (C=O) groups excluding carboxylic acids is 1. The Bertz CT molecular complexity index is 551. The van der Waals surface area contributed by atoms with Gasteiger partial charge in [-0.15, -0.1) is 0 Å². The van der Waals surface area contributed by atoms with Gasteiger partial charge >= 0.3 is 0 Å². The van der Waals surface area contributed by atoms with E-state index in [9.17, 15) is 9.90 Å². The lowest BCUT2D eigenvalue weighted by molar-refractivity contribution is -0.307. The first-order valence-electron chi connectivity index (χ1n) is 4.97. The molecule has 1 aromatic carbocycles. The van der Waals surface area contributed by atoms with Gasteiger partial charge in [0, 0.05) is 14.1 Å². The van der Waals surface area contributed by atoms with E-state index in [1.54, 1.807) is 12.1 Å². The number of anilines is 1. The van der Waals surface area contributed by atoms with Crippen molar-refractivity contribution in [2.24, 2.45) is 0 Å². The summed E-state index contributed by atoms with van der Waals surface area (Å²) in [5, 5.41) is 11.2. The summed E-state index contributed by atoms with van der Waals surface area (Å²) in [6, 6.07) is 5.29. The molecule has 0 fully saturated rings. The first kappa shape index (κ1) is 11.7. The Morgan fingerprint density at radius 1 is 1.53 bits per heavy atom. The molecule has 2 rings (SSSR count). The number of thiazole rings is 1. The van der Waals surface area contributed by atoms with Gasteiger partial charge in [0.2, 0.25) is 0 Å². The van der Waals surface area contributed by atoms with Crippen LogP contribution in [0.2, 0.25) is 0 Å². The Kier molecular flexibility index (Phi) is 3.14. The minimum absolute atomic E-state index is 0.440. The van der Waals surface area contributed by atoms with Crippen LogP contribution in [0.1, 0.15) is 0 Å². The molecule has 1 aromatic heterocycles. The molecule has 0 unspecified atom stereocenters. The summed E-state index contributed by atoms with van der Waals surface area (Å²) in [5.74, 6) is -0.723. The molecule has 0 aliphatic heterocycles. The molecule has 0 spiro atoms. The number of carbonyl (C=O) groups is 1. The van der Waals surface area contributed by atoms with Crippen molar-refractivity contribution in [1.82, 2.24) is 4.98 Å². The molecule has 17 heavy (non-hydrogen) atoms. The predicted octanol–water partition coefficient (Wildman–Crippen LogP) is 0.491.